The van der Waals surface area contributed by atoms with Gasteiger partial charge in [-0.25, -0.2) is 9.59 Å². The lowest BCUT2D eigenvalue weighted by Gasteiger charge is -2.28. The second-order valence-corrected chi connectivity index (χ2v) is 8.56. The molecule has 0 saturated carbocycles. The Morgan fingerprint density at radius 2 is 1.85 bits per heavy atom. The highest BCUT2D eigenvalue weighted by Gasteiger charge is 2.37. The molecule has 11 heteroatoms. The Bertz CT molecular complexity index is 1060. The van der Waals surface area contributed by atoms with Crippen LogP contribution in [0.3, 0.4) is 0 Å². The number of methoxy groups -OCH3 is 1. The van der Waals surface area contributed by atoms with E-state index in [2.05, 4.69) is 16.0 Å². The Morgan fingerprint density at radius 3 is 2.44 bits per heavy atom. The number of nitrogens with zero attached hydrogens (tertiary/aromatic N) is 1. The number of nitrogens with one attached hydrogen (secondary N) is 3. The monoisotopic (exact) mass is 486 g/mol. The van der Waals surface area contributed by atoms with E-state index in [4.69, 9.17) is 4.74 Å². The topological polar surface area (TPSA) is 137 Å². The highest BCUT2D eigenvalue weighted by atomic mass is 32.2. The molecule has 1 heterocycles. The zero-order chi connectivity index (χ0) is 24.7. The molecule has 3 rings (SSSR count). The number of thioether (sulfide) groups is 1. The number of carboxylic acids is 1. The summed E-state index contributed by atoms with van der Waals surface area (Å²) < 4.78 is 5.21. The fourth-order valence-electron chi connectivity index (χ4n) is 3.52. The summed E-state index contributed by atoms with van der Waals surface area (Å²) in [5.41, 5.74) is 1.58. The number of carbonyl (C=O) groups excluding carboxylic acids is 3. The lowest BCUT2D eigenvalue weighted by atomic mass is 10.0. The smallest absolute Gasteiger partial charge is 0.327 e. The van der Waals surface area contributed by atoms with Crippen molar-refractivity contribution >= 4 is 47.0 Å². The highest BCUT2D eigenvalue weighted by molar-refractivity contribution is 7.99. The first-order valence-corrected chi connectivity index (χ1v) is 11.6. The van der Waals surface area contributed by atoms with Crippen LogP contribution in [0.1, 0.15) is 12.5 Å². The number of hydrogen-bond acceptors (Lipinski definition) is 7. The van der Waals surface area contributed by atoms with E-state index in [1.165, 1.54) is 25.8 Å². The van der Waals surface area contributed by atoms with Crippen LogP contribution in [-0.4, -0.2) is 64.6 Å². The van der Waals surface area contributed by atoms with E-state index in [0.717, 1.165) is 4.90 Å². The molecule has 0 radical (unpaired) electrons. The molecule has 0 unspecified atom stereocenters. The molecule has 4 N–H and O–H groups in total. The number of benzene rings is 2. The predicted molar refractivity (Wildman–Crippen MR) is 129 cm³/mol. The number of amides is 4. The normalized spacial score (nSPS) is 15.8. The van der Waals surface area contributed by atoms with Crippen LogP contribution in [0.25, 0.3) is 0 Å². The molecule has 180 valence electrons. The van der Waals surface area contributed by atoms with E-state index >= 15 is 0 Å². The number of imide groups is 1. The SMILES string of the molecule is COc1ccccc1NC(=O)Nc1ccc(C[C@@H](C(=O)O)N(C(C)=O)C(=O)[C@@H]2CSCN2)cc1. The standard InChI is InChI=1S/C23H26N4O6S/c1-14(28)27(21(29)18-12-34-13-24-18)19(22(30)31)11-15-7-9-16(10-8-15)25-23(32)26-17-5-3-4-6-20(17)33-2/h3-10,18-19,24H,11-13H2,1-2H3,(H,30,31)(H2,25,26,32)/t18-,19-/m0/s1. The molecule has 1 aliphatic heterocycles. The van der Waals surface area contributed by atoms with Crippen LogP contribution >= 0.6 is 11.8 Å². The molecular formula is C23H26N4O6S. The number of aliphatic carboxylic acids is 1. The molecule has 1 fully saturated rings. The second-order valence-electron chi connectivity index (χ2n) is 7.53. The summed E-state index contributed by atoms with van der Waals surface area (Å²) in [6, 6.07) is 11.1. The molecule has 2 aromatic carbocycles. The number of rotatable bonds is 8. The number of hydrogen-bond donors (Lipinski definition) is 4. The Labute approximate surface area is 201 Å². The maximum Gasteiger partial charge on any atom is 0.327 e. The number of anilines is 2. The summed E-state index contributed by atoms with van der Waals surface area (Å²) in [4.78, 5) is 50.1. The molecule has 0 bridgehead atoms. The van der Waals surface area contributed by atoms with Gasteiger partial charge in [-0.15, -0.1) is 11.8 Å². The van der Waals surface area contributed by atoms with Gasteiger partial charge in [0.1, 0.15) is 11.8 Å². The van der Waals surface area contributed by atoms with E-state index in [-0.39, 0.29) is 6.42 Å². The lowest BCUT2D eigenvalue weighted by Crippen LogP contribution is -2.54. The fourth-order valence-corrected chi connectivity index (χ4v) is 4.45. The maximum absolute atomic E-state index is 12.8. The van der Waals surface area contributed by atoms with E-state index < -0.39 is 35.9 Å². The van der Waals surface area contributed by atoms with Gasteiger partial charge in [-0.1, -0.05) is 24.3 Å². The third kappa shape index (κ3) is 6.27. The number of urea groups is 1. The van der Waals surface area contributed by atoms with Gasteiger partial charge in [0.25, 0.3) is 0 Å². The van der Waals surface area contributed by atoms with Crippen LogP contribution in [0.2, 0.25) is 0 Å². The summed E-state index contributed by atoms with van der Waals surface area (Å²) in [7, 11) is 1.51. The van der Waals surface area contributed by atoms with Gasteiger partial charge in [0.2, 0.25) is 11.8 Å². The van der Waals surface area contributed by atoms with Gasteiger partial charge < -0.3 is 20.5 Å². The van der Waals surface area contributed by atoms with Crippen molar-refractivity contribution in [1.29, 1.82) is 0 Å². The molecule has 0 spiro atoms. The number of ether oxygens (including phenoxy) is 1. The van der Waals surface area contributed by atoms with Gasteiger partial charge in [0, 0.05) is 30.7 Å². The molecule has 2 atom stereocenters. The van der Waals surface area contributed by atoms with E-state index in [1.54, 1.807) is 48.5 Å². The third-order valence-electron chi connectivity index (χ3n) is 5.18. The van der Waals surface area contributed by atoms with Crippen LogP contribution in [-0.2, 0) is 20.8 Å². The molecule has 34 heavy (non-hydrogen) atoms. The van der Waals surface area contributed by atoms with E-state index in [0.29, 0.717) is 34.3 Å². The average molecular weight is 487 g/mol. The van der Waals surface area contributed by atoms with Gasteiger partial charge in [0.15, 0.2) is 0 Å². The van der Waals surface area contributed by atoms with Crippen LogP contribution in [0.5, 0.6) is 5.75 Å². The van der Waals surface area contributed by atoms with Crippen molar-refractivity contribution in [3.8, 4) is 5.75 Å². The number of para-hydroxylation sites is 2. The maximum atomic E-state index is 12.8. The van der Waals surface area contributed by atoms with Gasteiger partial charge in [0.05, 0.1) is 18.8 Å². The summed E-state index contributed by atoms with van der Waals surface area (Å²) in [6.45, 7) is 1.18. The van der Waals surface area contributed by atoms with Crippen LogP contribution < -0.4 is 20.7 Å². The minimum atomic E-state index is -1.34. The predicted octanol–water partition coefficient (Wildman–Crippen LogP) is 2.37. The quantitative estimate of drug-likeness (QED) is 0.446. The molecule has 0 aromatic heterocycles. The van der Waals surface area contributed by atoms with Gasteiger partial charge in [-0.05, 0) is 29.8 Å². The molecule has 1 saturated heterocycles. The van der Waals surface area contributed by atoms with Crippen LogP contribution in [0.4, 0.5) is 16.2 Å². The zero-order valence-corrected chi connectivity index (χ0v) is 19.6. The second kappa shape index (κ2) is 11.5. The van der Waals surface area contributed by atoms with Crippen LogP contribution in [0, 0.1) is 0 Å². The van der Waals surface area contributed by atoms with Crippen molar-refractivity contribution < 1.29 is 29.0 Å². The first-order valence-electron chi connectivity index (χ1n) is 10.5. The molecule has 0 aliphatic carbocycles. The Kier molecular flexibility index (Phi) is 8.50. The van der Waals surface area contributed by atoms with Crippen molar-refractivity contribution in [2.75, 3.05) is 29.4 Å². The molecular weight excluding hydrogens is 460 g/mol. The zero-order valence-electron chi connectivity index (χ0n) is 18.7. The van der Waals surface area contributed by atoms with Gasteiger partial charge >= 0.3 is 12.0 Å². The van der Waals surface area contributed by atoms with Crippen molar-refractivity contribution in [2.45, 2.75) is 25.4 Å². The van der Waals surface area contributed by atoms with Crippen LogP contribution in [0.15, 0.2) is 48.5 Å². The average Bonchev–Trinajstić information content (AvgIpc) is 3.35. The summed E-state index contributed by atoms with van der Waals surface area (Å²) >= 11 is 1.51. The minimum Gasteiger partial charge on any atom is -0.495 e. The largest absolute Gasteiger partial charge is 0.495 e. The van der Waals surface area contributed by atoms with E-state index in [9.17, 15) is 24.3 Å². The van der Waals surface area contributed by atoms with E-state index in [1.807, 2.05) is 0 Å². The van der Waals surface area contributed by atoms with Crippen molar-refractivity contribution in [3.63, 3.8) is 0 Å². The third-order valence-corrected chi connectivity index (χ3v) is 6.12. The first-order chi connectivity index (χ1) is 16.3. The Morgan fingerprint density at radius 1 is 1.15 bits per heavy atom. The van der Waals surface area contributed by atoms with Crippen molar-refractivity contribution in [1.82, 2.24) is 10.2 Å². The lowest BCUT2D eigenvalue weighted by molar-refractivity contribution is -0.157. The minimum absolute atomic E-state index is 0.0613. The summed E-state index contributed by atoms with van der Waals surface area (Å²) in [5.74, 6) is -0.875. The highest BCUT2D eigenvalue weighted by Crippen LogP contribution is 2.23. The molecule has 1 aliphatic rings. The van der Waals surface area contributed by atoms with Crippen molar-refractivity contribution in [3.05, 3.63) is 54.1 Å². The summed E-state index contributed by atoms with van der Waals surface area (Å²) in [6.07, 6.45) is -0.0613. The molecule has 2 aromatic rings. The number of carboxylic acid groups (broad SMARTS) is 1. The Hall–Kier alpha value is -3.57. The van der Waals surface area contributed by atoms with Gasteiger partial charge in [-0.3, -0.25) is 19.8 Å². The molecule has 10 nitrogen and oxygen atoms in total. The first kappa shape index (κ1) is 25.1. The Balaban J connectivity index is 1.67. The molecule has 4 amide bonds. The fraction of sp³-hybridized carbons (Fsp3) is 0.304. The number of carbonyl (C=O) groups is 4. The summed E-state index contributed by atoms with van der Waals surface area (Å²) in [5, 5.41) is 18.1. The van der Waals surface area contributed by atoms with Crippen molar-refractivity contribution in [2.24, 2.45) is 0 Å². The van der Waals surface area contributed by atoms with Gasteiger partial charge in [-0.2, -0.15) is 0 Å².